The van der Waals surface area contributed by atoms with Gasteiger partial charge >= 0.3 is 0 Å². The van der Waals surface area contributed by atoms with Crippen molar-refractivity contribution in [2.75, 3.05) is 20.3 Å². The number of aromatic nitrogens is 1. The van der Waals surface area contributed by atoms with Crippen molar-refractivity contribution in [2.24, 2.45) is 0 Å². The average molecular weight is 273 g/mol. The summed E-state index contributed by atoms with van der Waals surface area (Å²) in [5, 5.41) is 10.4. The molecule has 1 atom stereocenters. The number of aliphatic hydroxyl groups excluding tert-OH is 1. The number of hydrogen-bond acceptors (Lipinski definition) is 4. The summed E-state index contributed by atoms with van der Waals surface area (Å²) < 4.78 is 10.6. The van der Waals surface area contributed by atoms with E-state index in [1.54, 1.807) is 13.3 Å². The summed E-state index contributed by atoms with van der Waals surface area (Å²) in [6, 6.07) is 11.2. The van der Waals surface area contributed by atoms with E-state index in [9.17, 15) is 5.11 Å². The summed E-state index contributed by atoms with van der Waals surface area (Å²) in [5.41, 5.74) is 2.38. The second-order valence-corrected chi connectivity index (χ2v) is 4.54. The lowest BCUT2D eigenvalue weighted by Gasteiger charge is -2.16. The lowest BCUT2D eigenvalue weighted by molar-refractivity contribution is 0.142. The average Bonchev–Trinajstić information content (AvgIpc) is 2.48. The predicted molar refractivity (Wildman–Crippen MR) is 76.8 cm³/mol. The quantitative estimate of drug-likeness (QED) is 0.822. The molecular weight excluding hydrogens is 254 g/mol. The van der Waals surface area contributed by atoms with Crippen LogP contribution in [0.15, 0.2) is 42.6 Å². The molecule has 1 N–H and O–H groups in total. The van der Waals surface area contributed by atoms with E-state index in [2.05, 4.69) is 4.98 Å². The Morgan fingerprint density at radius 1 is 1.15 bits per heavy atom. The van der Waals surface area contributed by atoms with Gasteiger partial charge in [-0.3, -0.25) is 4.98 Å². The Morgan fingerprint density at radius 2 is 1.95 bits per heavy atom. The van der Waals surface area contributed by atoms with E-state index >= 15 is 0 Å². The summed E-state index contributed by atoms with van der Waals surface area (Å²) >= 11 is 0. The Bertz CT molecular complexity index is 540. The van der Waals surface area contributed by atoms with E-state index < -0.39 is 6.10 Å². The van der Waals surface area contributed by atoms with Crippen LogP contribution in [0.4, 0.5) is 0 Å². The number of aliphatic hydroxyl groups is 1. The van der Waals surface area contributed by atoms with Crippen LogP contribution in [0, 0.1) is 6.92 Å². The Balaban J connectivity index is 2.20. The summed E-state index contributed by atoms with van der Waals surface area (Å²) in [6.45, 7) is 2.92. The number of nitrogens with zero attached hydrogens (tertiary/aromatic N) is 1. The van der Waals surface area contributed by atoms with Gasteiger partial charge in [0.1, 0.15) is 18.5 Å². The Morgan fingerprint density at radius 3 is 2.65 bits per heavy atom. The summed E-state index contributed by atoms with van der Waals surface area (Å²) in [7, 11) is 1.63. The molecule has 0 aliphatic rings. The summed E-state index contributed by atoms with van der Waals surface area (Å²) in [4.78, 5) is 4.26. The minimum absolute atomic E-state index is 0.446. The molecule has 0 amide bonds. The number of aryl methyl sites for hydroxylation is 1. The van der Waals surface area contributed by atoms with Crippen molar-refractivity contribution in [1.29, 1.82) is 0 Å². The molecule has 1 aromatic heterocycles. The number of ether oxygens (including phenoxy) is 2. The summed E-state index contributed by atoms with van der Waals surface area (Å²) in [6.07, 6.45) is 0.946. The van der Waals surface area contributed by atoms with Gasteiger partial charge in [0.2, 0.25) is 0 Å². The van der Waals surface area contributed by atoms with Crippen molar-refractivity contribution in [3.05, 3.63) is 59.4 Å². The molecule has 106 valence electrons. The molecule has 1 aromatic carbocycles. The van der Waals surface area contributed by atoms with E-state index in [4.69, 9.17) is 9.47 Å². The monoisotopic (exact) mass is 273 g/mol. The first-order valence-corrected chi connectivity index (χ1v) is 6.53. The minimum Gasteiger partial charge on any atom is -0.491 e. The first kappa shape index (κ1) is 14.5. The van der Waals surface area contributed by atoms with Gasteiger partial charge in [0.15, 0.2) is 0 Å². The number of pyridine rings is 1. The molecular formula is C16H19NO3. The normalized spacial score (nSPS) is 12.2. The van der Waals surface area contributed by atoms with Crippen LogP contribution in [0.25, 0.3) is 0 Å². The third-order valence-electron chi connectivity index (χ3n) is 2.97. The molecule has 4 nitrogen and oxygen atoms in total. The molecule has 20 heavy (non-hydrogen) atoms. The molecule has 0 aliphatic carbocycles. The molecule has 0 fully saturated rings. The maximum Gasteiger partial charge on any atom is 0.125 e. The molecule has 2 aromatic rings. The van der Waals surface area contributed by atoms with Gasteiger partial charge in [0.05, 0.1) is 12.3 Å². The maximum absolute atomic E-state index is 10.4. The van der Waals surface area contributed by atoms with Gasteiger partial charge in [0.25, 0.3) is 0 Å². The maximum atomic E-state index is 10.4. The van der Waals surface area contributed by atoms with Gasteiger partial charge in [-0.2, -0.15) is 0 Å². The van der Waals surface area contributed by atoms with Gasteiger partial charge in [-0.25, -0.2) is 0 Å². The van der Waals surface area contributed by atoms with Crippen LogP contribution >= 0.6 is 0 Å². The van der Waals surface area contributed by atoms with E-state index in [-0.39, 0.29) is 0 Å². The Hall–Kier alpha value is -1.91. The second-order valence-electron chi connectivity index (χ2n) is 4.54. The number of methoxy groups -OCH3 is 1. The highest BCUT2D eigenvalue weighted by molar-refractivity contribution is 5.38. The molecule has 0 saturated heterocycles. The van der Waals surface area contributed by atoms with Crippen LogP contribution in [0.1, 0.15) is 22.9 Å². The van der Waals surface area contributed by atoms with E-state index in [1.165, 1.54) is 0 Å². The van der Waals surface area contributed by atoms with Crippen molar-refractivity contribution in [3.8, 4) is 5.75 Å². The molecule has 0 aliphatic heterocycles. The zero-order valence-electron chi connectivity index (χ0n) is 11.7. The number of para-hydroxylation sites is 1. The van der Waals surface area contributed by atoms with Crippen molar-refractivity contribution >= 4 is 0 Å². The highest BCUT2D eigenvalue weighted by Crippen LogP contribution is 2.28. The first-order valence-electron chi connectivity index (χ1n) is 6.53. The zero-order valence-corrected chi connectivity index (χ0v) is 11.7. The third-order valence-corrected chi connectivity index (χ3v) is 2.97. The van der Waals surface area contributed by atoms with Crippen molar-refractivity contribution in [1.82, 2.24) is 4.98 Å². The van der Waals surface area contributed by atoms with Crippen LogP contribution in [0.2, 0.25) is 0 Å². The molecule has 0 radical (unpaired) electrons. The smallest absolute Gasteiger partial charge is 0.125 e. The fourth-order valence-electron chi connectivity index (χ4n) is 1.87. The van der Waals surface area contributed by atoms with E-state index in [0.717, 1.165) is 5.56 Å². The van der Waals surface area contributed by atoms with Crippen LogP contribution in [0.5, 0.6) is 5.75 Å². The largest absolute Gasteiger partial charge is 0.491 e. The molecule has 1 heterocycles. The van der Waals surface area contributed by atoms with E-state index in [1.807, 2.05) is 43.3 Å². The molecule has 1 unspecified atom stereocenters. The van der Waals surface area contributed by atoms with Gasteiger partial charge in [-0.05, 0) is 24.6 Å². The lowest BCUT2D eigenvalue weighted by Crippen LogP contribution is -2.09. The van der Waals surface area contributed by atoms with Crippen LogP contribution in [-0.4, -0.2) is 30.4 Å². The minimum atomic E-state index is -0.797. The van der Waals surface area contributed by atoms with Gasteiger partial charge in [-0.1, -0.05) is 24.3 Å². The van der Waals surface area contributed by atoms with Crippen molar-refractivity contribution in [3.63, 3.8) is 0 Å². The topological polar surface area (TPSA) is 51.6 Å². The SMILES string of the molecule is COCCOc1ccccc1C(O)c1ccc(C)cn1. The van der Waals surface area contributed by atoms with Gasteiger partial charge in [-0.15, -0.1) is 0 Å². The zero-order chi connectivity index (χ0) is 14.4. The molecule has 0 saturated carbocycles. The highest BCUT2D eigenvalue weighted by atomic mass is 16.5. The molecule has 4 heteroatoms. The number of rotatable bonds is 6. The highest BCUT2D eigenvalue weighted by Gasteiger charge is 2.16. The standard InChI is InChI=1S/C16H19NO3/c1-12-7-8-14(17-11-12)16(18)13-5-3-4-6-15(13)20-10-9-19-2/h3-8,11,16,18H,9-10H2,1-2H3. The Kier molecular flexibility index (Phi) is 5.09. The number of hydrogen-bond donors (Lipinski definition) is 1. The van der Waals surface area contributed by atoms with Gasteiger partial charge < -0.3 is 14.6 Å². The second kappa shape index (κ2) is 7.03. The number of benzene rings is 1. The van der Waals surface area contributed by atoms with Crippen LogP contribution in [-0.2, 0) is 4.74 Å². The summed E-state index contributed by atoms with van der Waals surface area (Å²) in [5.74, 6) is 0.652. The molecule has 2 rings (SSSR count). The third kappa shape index (κ3) is 3.56. The van der Waals surface area contributed by atoms with Crippen molar-refractivity contribution < 1.29 is 14.6 Å². The Labute approximate surface area is 119 Å². The van der Waals surface area contributed by atoms with Gasteiger partial charge in [0, 0.05) is 18.9 Å². The molecule has 0 bridgehead atoms. The fourth-order valence-corrected chi connectivity index (χ4v) is 1.87. The van der Waals surface area contributed by atoms with Crippen LogP contribution < -0.4 is 4.74 Å². The van der Waals surface area contributed by atoms with Crippen LogP contribution in [0.3, 0.4) is 0 Å². The predicted octanol–water partition coefficient (Wildman–Crippen LogP) is 2.50. The lowest BCUT2D eigenvalue weighted by atomic mass is 10.0. The first-order chi connectivity index (χ1) is 9.72. The fraction of sp³-hybridized carbons (Fsp3) is 0.312. The van der Waals surface area contributed by atoms with E-state index in [0.29, 0.717) is 30.2 Å². The molecule has 0 spiro atoms. The van der Waals surface area contributed by atoms with Crippen molar-refractivity contribution in [2.45, 2.75) is 13.0 Å².